The largest absolute Gasteiger partial charge is 0.324 e. The number of thiazole rings is 1. The summed E-state index contributed by atoms with van der Waals surface area (Å²) in [4.78, 5) is 27.6. The summed E-state index contributed by atoms with van der Waals surface area (Å²) >= 11 is 1.53. The molecule has 2 heterocycles. The average molecular weight is 410 g/mol. The summed E-state index contributed by atoms with van der Waals surface area (Å²) in [6.07, 6.45) is 1.53. The highest BCUT2D eigenvalue weighted by Crippen LogP contribution is 2.18. The van der Waals surface area contributed by atoms with Crippen LogP contribution < -0.4 is 15.5 Å². The summed E-state index contributed by atoms with van der Waals surface area (Å²) in [6, 6.07) is 17.2. The zero-order valence-corrected chi connectivity index (χ0v) is 17.0. The predicted molar refractivity (Wildman–Crippen MR) is 114 cm³/mol. The Labute approximate surface area is 172 Å². The Balaban J connectivity index is 1.40. The zero-order chi connectivity index (χ0) is 20.2. The Bertz CT molecular complexity index is 1090. The van der Waals surface area contributed by atoms with E-state index in [0.717, 1.165) is 33.5 Å². The van der Waals surface area contributed by atoms with Crippen molar-refractivity contribution < 1.29 is 9.59 Å². The number of urea groups is 1. The second-order valence-corrected chi connectivity index (χ2v) is 8.09. The molecule has 1 fully saturated rings. The number of nitrogens with zero attached hydrogens (tertiary/aromatic N) is 3. The molecule has 3 aromatic rings. The lowest BCUT2D eigenvalue weighted by atomic mass is 9.98. The molecule has 0 saturated carbocycles. The number of piperidine rings is 1. The van der Waals surface area contributed by atoms with E-state index in [1.807, 2.05) is 66.2 Å². The molecule has 2 aromatic carbocycles. The molecule has 0 aliphatic carbocycles. The summed E-state index contributed by atoms with van der Waals surface area (Å²) in [7, 11) is 1.93. The molecule has 1 saturated heterocycles. The van der Waals surface area contributed by atoms with Gasteiger partial charge in [-0.3, -0.25) is 4.79 Å². The maximum Gasteiger partial charge on any atom is 0.321 e. The first-order valence-corrected chi connectivity index (χ1v) is 10.4. The number of carbonyl (C=O) groups is 2. The second kappa shape index (κ2) is 8.48. The molecule has 0 bridgehead atoms. The molecule has 1 aliphatic rings. The van der Waals surface area contributed by atoms with Crippen LogP contribution in [0.25, 0.3) is 10.2 Å². The Morgan fingerprint density at radius 3 is 2.66 bits per heavy atom. The van der Waals surface area contributed by atoms with Gasteiger partial charge in [0.25, 0.3) is 0 Å². The molecule has 7 nitrogen and oxygen atoms in total. The van der Waals surface area contributed by atoms with Gasteiger partial charge < -0.3 is 14.8 Å². The molecule has 1 aliphatic heterocycles. The van der Waals surface area contributed by atoms with Crippen molar-refractivity contribution in [2.75, 3.05) is 18.4 Å². The predicted octanol–water partition coefficient (Wildman–Crippen LogP) is 3.12. The van der Waals surface area contributed by atoms with Crippen LogP contribution in [0.3, 0.4) is 0 Å². The lowest BCUT2D eigenvalue weighted by Gasteiger charge is -2.31. The summed E-state index contributed by atoms with van der Waals surface area (Å²) in [5.41, 5.74) is 4.52. The summed E-state index contributed by atoms with van der Waals surface area (Å²) in [6.45, 7) is 1.03. The van der Waals surface area contributed by atoms with Gasteiger partial charge in [0.1, 0.15) is 0 Å². The van der Waals surface area contributed by atoms with Gasteiger partial charge in [-0.1, -0.05) is 41.7 Å². The Morgan fingerprint density at radius 2 is 1.86 bits per heavy atom. The molecule has 1 atom stereocenters. The fraction of sp³-hybridized carbons (Fsp3) is 0.286. The van der Waals surface area contributed by atoms with Crippen molar-refractivity contribution in [1.29, 1.82) is 0 Å². The number of aromatic nitrogens is 1. The number of benzene rings is 2. The first kappa shape index (κ1) is 19.2. The first-order valence-electron chi connectivity index (χ1n) is 9.61. The average Bonchev–Trinajstić information content (AvgIpc) is 3.08. The van der Waals surface area contributed by atoms with Gasteiger partial charge >= 0.3 is 6.03 Å². The summed E-state index contributed by atoms with van der Waals surface area (Å²) in [5.74, 6) is -0.423. The number of fused-ring (bicyclic) bond motifs is 1. The van der Waals surface area contributed by atoms with Gasteiger partial charge in [0.2, 0.25) is 10.7 Å². The minimum absolute atomic E-state index is 0.153. The lowest BCUT2D eigenvalue weighted by molar-refractivity contribution is -0.126. The van der Waals surface area contributed by atoms with E-state index < -0.39 is 0 Å². The molecule has 150 valence electrons. The quantitative estimate of drug-likeness (QED) is 0.652. The van der Waals surface area contributed by atoms with Gasteiger partial charge in [-0.15, -0.1) is 5.10 Å². The molecule has 2 N–H and O–H groups in total. The smallest absolute Gasteiger partial charge is 0.321 e. The van der Waals surface area contributed by atoms with Gasteiger partial charge in [0.05, 0.1) is 16.1 Å². The van der Waals surface area contributed by atoms with E-state index in [0.29, 0.717) is 13.1 Å². The molecular formula is C21H23N5O2S. The van der Waals surface area contributed by atoms with Gasteiger partial charge in [-0.25, -0.2) is 10.2 Å². The maximum atomic E-state index is 12.7. The molecule has 4 rings (SSSR count). The molecule has 3 amide bonds. The Hall–Kier alpha value is -3.13. The SMILES string of the molecule is Cn1/c(=N/NC(=O)C2CCCN(C(=O)Nc3ccccc3)C2)sc2ccccc21. The fourth-order valence-electron chi connectivity index (χ4n) is 3.48. The van der Waals surface area contributed by atoms with Crippen LogP contribution >= 0.6 is 11.3 Å². The van der Waals surface area contributed by atoms with Crippen molar-refractivity contribution in [2.45, 2.75) is 12.8 Å². The number of hydrogen-bond acceptors (Lipinski definition) is 4. The van der Waals surface area contributed by atoms with Crippen molar-refractivity contribution >= 4 is 39.2 Å². The van der Waals surface area contributed by atoms with Crippen LogP contribution in [0.1, 0.15) is 12.8 Å². The molecule has 0 radical (unpaired) electrons. The van der Waals surface area contributed by atoms with E-state index >= 15 is 0 Å². The first-order chi connectivity index (χ1) is 14.1. The van der Waals surface area contributed by atoms with E-state index in [2.05, 4.69) is 15.8 Å². The van der Waals surface area contributed by atoms with Crippen molar-refractivity contribution in [2.24, 2.45) is 18.1 Å². The number of rotatable bonds is 3. The summed E-state index contributed by atoms with van der Waals surface area (Å²) < 4.78 is 3.07. The van der Waals surface area contributed by atoms with E-state index in [1.54, 1.807) is 4.90 Å². The molecule has 8 heteroatoms. The highest BCUT2D eigenvalue weighted by molar-refractivity contribution is 7.16. The van der Waals surface area contributed by atoms with Gasteiger partial charge in [0.15, 0.2) is 0 Å². The third kappa shape index (κ3) is 4.32. The number of amides is 3. The lowest BCUT2D eigenvalue weighted by Crippen LogP contribution is -2.46. The molecular weight excluding hydrogens is 386 g/mol. The normalized spacial score (nSPS) is 17.3. The van der Waals surface area contributed by atoms with E-state index in [9.17, 15) is 9.59 Å². The van der Waals surface area contributed by atoms with Crippen molar-refractivity contribution in [1.82, 2.24) is 14.9 Å². The van der Waals surface area contributed by atoms with E-state index in [4.69, 9.17) is 0 Å². The highest BCUT2D eigenvalue weighted by Gasteiger charge is 2.28. The monoisotopic (exact) mass is 409 g/mol. The number of anilines is 1. The molecule has 29 heavy (non-hydrogen) atoms. The van der Waals surface area contributed by atoms with Gasteiger partial charge in [0, 0.05) is 25.8 Å². The second-order valence-electron chi connectivity index (χ2n) is 7.08. The Morgan fingerprint density at radius 1 is 1.10 bits per heavy atom. The van der Waals surface area contributed by atoms with Crippen LogP contribution in [0.4, 0.5) is 10.5 Å². The van der Waals surface area contributed by atoms with Crippen molar-refractivity contribution in [3.05, 3.63) is 59.4 Å². The molecule has 0 spiro atoms. The summed E-state index contributed by atoms with van der Waals surface area (Å²) in [5, 5.41) is 7.20. The minimum atomic E-state index is -0.270. The van der Waals surface area contributed by atoms with Crippen LogP contribution in [0.5, 0.6) is 0 Å². The van der Waals surface area contributed by atoms with E-state index in [-0.39, 0.29) is 17.9 Å². The number of aryl methyl sites for hydroxylation is 1. The van der Waals surface area contributed by atoms with Crippen LogP contribution in [-0.4, -0.2) is 34.5 Å². The topological polar surface area (TPSA) is 78.7 Å². The minimum Gasteiger partial charge on any atom is -0.324 e. The standard InChI is InChI=1S/C21H23N5O2S/c1-25-17-11-5-6-12-18(17)29-21(25)24-23-19(27)15-8-7-13-26(14-15)20(28)22-16-9-3-2-4-10-16/h2-6,9-12,15H,7-8,13-14H2,1H3,(H,22,28)(H,23,27)/b24-21-. The molecule has 1 aromatic heterocycles. The third-order valence-electron chi connectivity index (χ3n) is 5.08. The van der Waals surface area contributed by atoms with E-state index in [1.165, 1.54) is 11.3 Å². The number of hydrogen-bond donors (Lipinski definition) is 2. The Kier molecular flexibility index (Phi) is 5.62. The highest BCUT2D eigenvalue weighted by atomic mass is 32.1. The van der Waals surface area contributed by atoms with Crippen LogP contribution in [-0.2, 0) is 11.8 Å². The van der Waals surface area contributed by atoms with Crippen LogP contribution in [0.15, 0.2) is 59.7 Å². The van der Waals surface area contributed by atoms with Crippen LogP contribution in [0, 0.1) is 5.92 Å². The zero-order valence-electron chi connectivity index (χ0n) is 16.2. The number of nitrogens with one attached hydrogen (secondary N) is 2. The number of carbonyl (C=O) groups excluding carboxylic acids is 2. The number of para-hydroxylation sites is 2. The van der Waals surface area contributed by atoms with Crippen LogP contribution in [0.2, 0.25) is 0 Å². The maximum absolute atomic E-state index is 12.7. The van der Waals surface area contributed by atoms with Gasteiger partial charge in [-0.2, -0.15) is 0 Å². The van der Waals surface area contributed by atoms with Gasteiger partial charge in [-0.05, 0) is 37.1 Å². The third-order valence-corrected chi connectivity index (χ3v) is 6.19. The molecule has 1 unspecified atom stereocenters. The van der Waals surface area contributed by atoms with Crippen molar-refractivity contribution in [3.8, 4) is 0 Å². The number of likely N-dealkylation sites (tertiary alicyclic amines) is 1. The van der Waals surface area contributed by atoms with Crippen molar-refractivity contribution in [3.63, 3.8) is 0 Å². The fourth-order valence-corrected chi connectivity index (χ4v) is 4.46.